The minimum atomic E-state index is -0.918. The van der Waals surface area contributed by atoms with Gasteiger partial charge in [-0.3, -0.25) is 34.3 Å². The van der Waals surface area contributed by atoms with E-state index in [1.807, 2.05) is 6.07 Å². The van der Waals surface area contributed by atoms with Gasteiger partial charge < -0.3 is 4.90 Å². The molecule has 3 saturated heterocycles. The average Bonchev–Trinajstić information content (AvgIpc) is 2.93. The maximum atomic E-state index is 12.9. The van der Waals surface area contributed by atoms with E-state index in [0.29, 0.717) is 16.5 Å². The maximum Gasteiger partial charge on any atom is 0.262 e. The van der Waals surface area contributed by atoms with Crippen LogP contribution in [0.3, 0.4) is 0 Å². The number of carbonyl (C=O) groups excluding carboxylic acids is 4. The number of carbonyl (C=O) groups is 4. The molecule has 4 aliphatic heterocycles. The van der Waals surface area contributed by atoms with Gasteiger partial charge in [-0.15, -0.1) is 0 Å². The van der Waals surface area contributed by atoms with Crippen molar-refractivity contribution in [3.63, 3.8) is 0 Å². The third-order valence-corrected chi connectivity index (χ3v) is 7.08. The normalized spacial score (nSPS) is 26.7. The number of piperidine rings is 2. The van der Waals surface area contributed by atoms with Gasteiger partial charge in [0.15, 0.2) is 0 Å². The van der Waals surface area contributed by atoms with Gasteiger partial charge in [0, 0.05) is 26.1 Å². The lowest BCUT2D eigenvalue weighted by Crippen LogP contribution is -2.59. The van der Waals surface area contributed by atoms with Crippen LogP contribution in [-0.4, -0.2) is 77.6 Å². The van der Waals surface area contributed by atoms with Gasteiger partial charge in [-0.1, -0.05) is 6.07 Å². The highest BCUT2D eigenvalue weighted by Crippen LogP contribution is 2.41. The number of fused-ring (bicyclic) bond motifs is 1. The molecule has 8 nitrogen and oxygen atoms in total. The van der Waals surface area contributed by atoms with Gasteiger partial charge in [-0.05, 0) is 62.5 Å². The summed E-state index contributed by atoms with van der Waals surface area (Å²) in [6.45, 7) is 5.21. The Kier molecular flexibility index (Phi) is 4.52. The minimum absolute atomic E-state index is 0.127. The highest BCUT2D eigenvalue weighted by molar-refractivity contribution is 6.23. The monoisotopic (exact) mass is 410 g/mol. The van der Waals surface area contributed by atoms with E-state index in [9.17, 15) is 19.2 Å². The fourth-order valence-corrected chi connectivity index (χ4v) is 5.30. The summed E-state index contributed by atoms with van der Waals surface area (Å²) in [5, 5.41) is 2.22. The Bertz CT molecular complexity index is 942. The third kappa shape index (κ3) is 3.15. The first kappa shape index (κ1) is 19.4. The van der Waals surface area contributed by atoms with Crippen LogP contribution in [-0.2, 0) is 16.1 Å². The average molecular weight is 410 g/mol. The Labute approximate surface area is 175 Å². The fourth-order valence-electron chi connectivity index (χ4n) is 5.30. The first-order chi connectivity index (χ1) is 14.3. The van der Waals surface area contributed by atoms with Crippen LogP contribution < -0.4 is 5.32 Å². The second kappa shape index (κ2) is 6.99. The van der Waals surface area contributed by atoms with Gasteiger partial charge in [0.05, 0.1) is 11.1 Å². The molecular formula is C22H26N4O4. The number of imide groups is 2. The smallest absolute Gasteiger partial charge is 0.262 e. The molecule has 3 fully saturated rings. The molecule has 1 spiro atoms. The zero-order valence-electron chi connectivity index (χ0n) is 17.1. The summed E-state index contributed by atoms with van der Waals surface area (Å²) in [4.78, 5) is 55.1. The first-order valence-electron chi connectivity index (χ1n) is 10.6. The van der Waals surface area contributed by atoms with Gasteiger partial charge in [0.1, 0.15) is 6.04 Å². The number of amides is 4. The van der Waals surface area contributed by atoms with Crippen molar-refractivity contribution in [2.24, 2.45) is 5.41 Å². The van der Waals surface area contributed by atoms with E-state index in [4.69, 9.17) is 0 Å². The Hall–Kier alpha value is -2.58. The lowest BCUT2D eigenvalue weighted by Gasteiger charge is -2.54. The van der Waals surface area contributed by atoms with Crippen LogP contribution in [0.4, 0.5) is 0 Å². The lowest BCUT2D eigenvalue weighted by molar-refractivity contribution is -0.136. The number of hydrogen-bond acceptors (Lipinski definition) is 6. The molecule has 8 heteroatoms. The zero-order chi connectivity index (χ0) is 21.0. The van der Waals surface area contributed by atoms with E-state index in [0.717, 1.165) is 43.2 Å². The largest absolute Gasteiger partial charge is 0.306 e. The molecule has 1 unspecified atom stereocenters. The quantitative estimate of drug-likeness (QED) is 0.735. The van der Waals surface area contributed by atoms with Crippen LogP contribution in [0.25, 0.3) is 0 Å². The second-order valence-electron chi connectivity index (χ2n) is 9.28. The number of likely N-dealkylation sites (tertiary alicyclic amines) is 2. The van der Waals surface area contributed by atoms with Crippen molar-refractivity contribution < 1.29 is 19.2 Å². The van der Waals surface area contributed by atoms with Gasteiger partial charge in [-0.2, -0.15) is 0 Å². The van der Waals surface area contributed by atoms with Crippen LogP contribution >= 0.6 is 0 Å². The molecule has 5 rings (SSSR count). The Morgan fingerprint density at radius 2 is 1.73 bits per heavy atom. The van der Waals surface area contributed by atoms with Crippen molar-refractivity contribution in [1.82, 2.24) is 20.0 Å². The predicted molar refractivity (Wildman–Crippen MR) is 108 cm³/mol. The van der Waals surface area contributed by atoms with Crippen LogP contribution in [0.15, 0.2) is 18.2 Å². The Balaban J connectivity index is 1.27. The molecule has 1 aromatic rings. The molecule has 0 radical (unpaired) electrons. The summed E-state index contributed by atoms with van der Waals surface area (Å²) >= 11 is 0. The molecule has 4 amide bonds. The minimum Gasteiger partial charge on any atom is -0.306 e. The summed E-state index contributed by atoms with van der Waals surface area (Å²) in [6.07, 6.45) is 2.77. The molecule has 0 bridgehead atoms. The Morgan fingerprint density at radius 3 is 2.43 bits per heavy atom. The van der Waals surface area contributed by atoms with Gasteiger partial charge in [0.2, 0.25) is 11.8 Å². The van der Waals surface area contributed by atoms with E-state index in [1.165, 1.54) is 12.8 Å². The second-order valence-corrected chi connectivity index (χ2v) is 9.28. The third-order valence-electron chi connectivity index (χ3n) is 7.08. The van der Waals surface area contributed by atoms with Crippen LogP contribution in [0.2, 0.25) is 0 Å². The van der Waals surface area contributed by atoms with Crippen molar-refractivity contribution in [2.45, 2.75) is 38.3 Å². The topological polar surface area (TPSA) is 90.0 Å². The van der Waals surface area contributed by atoms with Crippen molar-refractivity contribution in [3.05, 3.63) is 34.9 Å². The molecule has 0 aliphatic carbocycles. The van der Waals surface area contributed by atoms with E-state index in [1.54, 1.807) is 12.1 Å². The number of nitrogens with zero attached hydrogens (tertiary/aromatic N) is 3. The first-order valence-corrected chi connectivity index (χ1v) is 10.6. The summed E-state index contributed by atoms with van der Waals surface area (Å²) in [5.74, 6) is -1.84. The standard InChI is InChI=1S/C22H26N4O4/c1-24-8-6-22(7-9-24)12-25(13-22)11-14-2-3-15-16(10-14)21(30)26(20(15)29)17-4-5-18(27)23-19(17)28/h2-3,10,17H,4-9,11-13H2,1H3,(H,23,27,28). The summed E-state index contributed by atoms with van der Waals surface area (Å²) in [7, 11) is 2.17. The van der Waals surface area contributed by atoms with Gasteiger partial charge in [0.25, 0.3) is 11.8 Å². The fraction of sp³-hybridized carbons (Fsp3) is 0.545. The number of nitrogens with one attached hydrogen (secondary N) is 1. The summed E-state index contributed by atoms with van der Waals surface area (Å²) in [6, 6.07) is 4.47. The molecule has 4 heterocycles. The SMILES string of the molecule is CN1CCC2(CC1)CN(Cc1ccc3c(c1)C(=O)N(C1CCC(=O)NC1=O)C3=O)C2. The summed E-state index contributed by atoms with van der Waals surface area (Å²) < 4.78 is 0. The predicted octanol–water partition coefficient (Wildman–Crippen LogP) is 0.615. The zero-order valence-corrected chi connectivity index (χ0v) is 17.1. The van der Waals surface area contributed by atoms with Crippen molar-refractivity contribution in [1.29, 1.82) is 0 Å². The van der Waals surface area contributed by atoms with Crippen LogP contribution in [0.5, 0.6) is 0 Å². The Morgan fingerprint density at radius 1 is 1.03 bits per heavy atom. The molecule has 4 aliphatic rings. The molecule has 0 saturated carbocycles. The number of rotatable bonds is 3. The molecule has 158 valence electrons. The number of benzene rings is 1. The molecule has 1 atom stereocenters. The van der Waals surface area contributed by atoms with Gasteiger partial charge in [-0.25, -0.2) is 0 Å². The number of hydrogen-bond donors (Lipinski definition) is 1. The van der Waals surface area contributed by atoms with Crippen molar-refractivity contribution in [2.75, 3.05) is 33.2 Å². The lowest BCUT2D eigenvalue weighted by atomic mass is 9.72. The van der Waals surface area contributed by atoms with Gasteiger partial charge >= 0.3 is 0 Å². The van der Waals surface area contributed by atoms with E-state index < -0.39 is 23.8 Å². The van der Waals surface area contributed by atoms with E-state index in [-0.39, 0.29) is 18.7 Å². The highest BCUT2D eigenvalue weighted by Gasteiger charge is 2.46. The molecular weight excluding hydrogens is 384 g/mol. The molecule has 1 N–H and O–H groups in total. The van der Waals surface area contributed by atoms with Crippen LogP contribution in [0.1, 0.15) is 52.0 Å². The van der Waals surface area contributed by atoms with E-state index in [2.05, 4.69) is 22.2 Å². The molecule has 30 heavy (non-hydrogen) atoms. The molecule has 0 aromatic heterocycles. The highest BCUT2D eigenvalue weighted by atomic mass is 16.2. The summed E-state index contributed by atoms with van der Waals surface area (Å²) in [5.41, 5.74) is 2.14. The van der Waals surface area contributed by atoms with Crippen LogP contribution in [0, 0.1) is 5.41 Å². The van der Waals surface area contributed by atoms with Crippen molar-refractivity contribution >= 4 is 23.6 Å². The maximum absolute atomic E-state index is 12.9. The van der Waals surface area contributed by atoms with E-state index >= 15 is 0 Å². The van der Waals surface area contributed by atoms with Crippen molar-refractivity contribution in [3.8, 4) is 0 Å². The molecule has 1 aromatic carbocycles.